The highest BCUT2D eigenvalue weighted by atomic mass is 16.6. The number of hydrogen-bond donors (Lipinski definition) is 1. The minimum atomic E-state index is -0.580. The van der Waals surface area contributed by atoms with Crippen LogP contribution in [-0.2, 0) is 6.42 Å². The van der Waals surface area contributed by atoms with Gasteiger partial charge >= 0.3 is 0 Å². The number of ether oxygens (including phenoxy) is 2. The molecule has 3 rings (SSSR count). The molecule has 7 heteroatoms. The molecule has 0 heterocycles. The Balaban J connectivity index is 1.82. The van der Waals surface area contributed by atoms with Crippen molar-refractivity contribution in [3.8, 4) is 11.5 Å². The molecule has 2 aromatic carbocycles. The fourth-order valence-electron chi connectivity index (χ4n) is 3.69. The zero-order chi connectivity index (χ0) is 20.1. The molecule has 0 spiro atoms. The van der Waals surface area contributed by atoms with E-state index in [4.69, 9.17) is 9.47 Å². The molecule has 0 saturated carbocycles. The van der Waals surface area contributed by atoms with Gasteiger partial charge in [0.15, 0.2) is 11.5 Å². The Hall–Kier alpha value is -3.09. The van der Waals surface area contributed by atoms with E-state index in [1.165, 1.54) is 30.4 Å². The summed E-state index contributed by atoms with van der Waals surface area (Å²) in [7, 11) is 1.40. The van der Waals surface area contributed by atoms with Gasteiger partial charge in [-0.15, -0.1) is 0 Å². The second-order valence-electron chi connectivity index (χ2n) is 6.71. The maximum Gasteiger partial charge on any atom is 0.286 e. The van der Waals surface area contributed by atoms with Crippen LogP contribution >= 0.6 is 0 Å². The molecule has 0 saturated heterocycles. The number of rotatable bonds is 7. The van der Waals surface area contributed by atoms with Gasteiger partial charge in [0.05, 0.1) is 24.7 Å². The van der Waals surface area contributed by atoms with E-state index >= 15 is 0 Å². The number of nitro groups is 1. The summed E-state index contributed by atoms with van der Waals surface area (Å²) in [4.78, 5) is 23.7. The number of carbonyl (C=O) groups excluding carboxylic acids is 1. The fraction of sp³-hybridized carbons (Fsp3) is 0.381. The predicted octanol–water partition coefficient (Wildman–Crippen LogP) is 3.85. The summed E-state index contributed by atoms with van der Waals surface area (Å²) in [5.41, 5.74) is 2.22. The van der Waals surface area contributed by atoms with Crippen molar-refractivity contribution in [3.05, 3.63) is 63.2 Å². The summed E-state index contributed by atoms with van der Waals surface area (Å²) in [6.07, 6.45) is 3.09. The molecule has 28 heavy (non-hydrogen) atoms. The van der Waals surface area contributed by atoms with E-state index in [0.29, 0.717) is 18.9 Å². The Labute approximate surface area is 163 Å². The number of nitrogens with zero attached hydrogens (tertiary/aromatic N) is 1. The molecule has 0 aromatic heterocycles. The molecule has 0 radical (unpaired) electrons. The number of nitro benzene ring substituents is 1. The summed E-state index contributed by atoms with van der Waals surface area (Å²) in [5, 5.41) is 14.3. The molecule has 1 aliphatic carbocycles. The van der Waals surface area contributed by atoms with Crippen molar-refractivity contribution in [1.29, 1.82) is 0 Å². The molecule has 0 bridgehead atoms. The minimum Gasteiger partial charge on any atom is -0.493 e. The monoisotopic (exact) mass is 384 g/mol. The molecular weight excluding hydrogens is 360 g/mol. The van der Waals surface area contributed by atoms with Crippen molar-refractivity contribution in [2.75, 3.05) is 20.3 Å². The number of methoxy groups -OCH3 is 1. The summed E-state index contributed by atoms with van der Waals surface area (Å²) in [6, 6.07) is 10.8. The van der Waals surface area contributed by atoms with Crippen molar-refractivity contribution in [1.82, 2.24) is 5.32 Å². The molecule has 1 amide bonds. The molecular formula is C21H24N2O5. The average Bonchev–Trinajstić information content (AvgIpc) is 2.71. The topological polar surface area (TPSA) is 90.7 Å². The van der Waals surface area contributed by atoms with Crippen molar-refractivity contribution in [3.63, 3.8) is 0 Å². The van der Waals surface area contributed by atoms with Gasteiger partial charge in [-0.05, 0) is 37.3 Å². The predicted molar refractivity (Wildman–Crippen MR) is 105 cm³/mol. The van der Waals surface area contributed by atoms with Gasteiger partial charge in [0.1, 0.15) is 5.56 Å². The lowest BCUT2D eigenvalue weighted by molar-refractivity contribution is -0.385. The molecule has 0 aliphatic heterocycles. The third-order valence-electron chi connectivity index (χ3n) is 5.03. The van der Waals surface area contributed by atoms with Crippen LogP contribution in [0.1, 0.15) is 47.2 Å². The molecule has 148 valence electrons. The number of hydrogen-bond acceptors (Lipinski definition) is 5. The van der Waals surface area contributed by atoms with E-state index in [2.05, 4.69) is 17.4 Å². The van der Waals surface area contributed by atoms with E-state index < -0.39 is 10.8 Å². The Morgan fingerprint density at radius 1 is 1.29 bits per heavy atom. The van der Waals surface area contributed by atoms with E-state index in [1.807, 2.05) is 12.1 Å². The van der Waals surface area contributed by atoms with Gasteiger partial charge in [-0.1, -0.05) is 24.3 Å². The Kier molecular flexibility index (Phi) is 6.13. The zero-order valence-electron chi connectivity index (χ0n) is 16.1. The van der Waals surface area contributed by atoms with Crippen LogP contribution in [0.2, 0.25) is 0 Å². The Bertz CT molecular complexity index is 881. The van der Waals surface area contributed by atoms with Gasteiger partial charge < -0.3 is 14.8 Å². The second-order valence-corrected chi connectivity index (χ2v) is 6.71. The summed E-state index contributed by atoms with van der Waals surface area (Å²) >= 11 is 0. The quantitative estimate of drug-likeness (QED) is 0.578. The lowest BCUT2D eigenvalue weighted by Gasteiger charge is -2.25. The maximum absolute atomic E-state index is 12.8. The lowest BCUT2D eigenvalue weighted by Crippen LogP contribution is -2.30. The highest BCUT2D eigenvalue weighted by Gasteiger charge is 2.26. The Morgan fingerprint density at radius 2 is 2.07 bits per heavy atom. The van der Waals surface area contributed by atoms with Crippen molar-refractivity contribution >= 4 is 11.6 Å². The summed E-state index contributed by atoms with van der Waals surface area (Å²) in [5.74, 6) is 0.256. The third kappa shape index (κ3) is 4.08. The number of benzene rings is 2. The van der Waals surface area contributed by atoms with Crippen LogP contribution in [0.5, 0.6) is 11.5 Å². The van der Waals surface area contributed by atoms with Crippen LogP contribution in [0, 0.1) is 10.1 Å². The first kappa shape index (κ1) is 19.7. The van der Waals surface area contributed by atoms with Crippen LogP contribution in [0.15, 0.2) is 36.4 Å². The molecule has 2 aromatic rings. The van der Waals surface area contributed by atoms with Gasteiger partial charge in [0.25, 0.3) is 11.6 Å². The zero-order valence-corrected chi connectivity index (χ0v) is 16.1. The first-order valence-electron chi connectivity index (χ1n) is 9.40. The molecule has 7 nitrogen and oxygen atoms in total. The number of amides is 1. The van der Waals surface area contributed by atoms with E-state index in [-0.39, 0.29) is 22.9 Å². The van der Waals surface area contributed by atoms with E-state index in [0.717, 1.165) is 19.3 Å². The summed E-state index contributed by atoms with van der Waals surface area (Å²) < 4.78 is 10.6. The van der Waals surface area contributed by atoms with Crippen LogP contribution in [0.3, 0.4) is 0 Å². The third-order valence-corrected chi connectivity index (χ3v) is 5.03. The molecule has 1 N–H and O–H groups in total. The van der Waals surface area contributed by atoms with Crippen LogP contribution in [-0.4, -0.2) is 31.1 Å². The van der Waals surface area contributed by atoms with Crippen LogP contribution in [0.25, 0.3) is 0 Å². The highest BCUT2D eigenvalue weighted by molar-refractivity contribution is 5.99. The van der Waals surface area contributed by atoms with Crippen molar-refractivity contribution in [2.45, 2.75) is 32.1 Å². The SMILES string of the molecule is CCOc1cc(C(=O)NCC2CCCc3ccccc32)c([N+](=O)[O-])cc1OC. The standard InChI is InChI=1S/C21H24N2O5/c1-3-28-20-11-17(18(23(25)26)12-19(20)27-2)21(24)22-13-15-9-6-8-14-7-4-5-10-16(14)15/h4-5,7,10-12,15H,3,6,8-9,13H2,1-2H3,(H,22,24). The Morgan fingerprint density at radius 3 is 2.79 bits per heavy atom. The lowest BCUT2D eigenvalue weighted by atomic mass is 9.83. The van der Waals surface area contributed by atoms with Gasteiger partial charge in [0.2, 0.25) is 0 Å². The molecule has 1 atom stereocenters. The van der Waals surface area contributed by atoms with Crippen LogP contribution < -0.4 is 14.8 Å². The van der Waals surface area contributed by atoms with Gasteiger partial charge in [-0.25, -0.2) is 0 Å². The van der Waals surface area contributed by atoms with Gasteiger partial charge in [0, 0.05) is 18.5 Å². The van der Waals surface area contributed by atoms with E-state index in [1.54, 1.807) is 6.92 Å². The number of nitrogens with one attached hydrogen (secondary N) is 1. The average molecular weight is 384 g/mol. The smallest absolute Gasteiger partial charge is 0.286 e. The van der Waals surface area contributed by atoms with Crippen molar-refractivity contribution < 1.29 is 19.2 Å². The normalized spacial score (nSPS) is 15.4. The number of fused-ring (bicyclic) bond motifs is 1. The highest BCUT2D eigenvalue weighted by Crippen LogP contribution is 2.35. The summed E-state index contributed by atoms with van der Waals surface area (Å²) in [6.45, 7) is 2.58. The minimum absolute atomic E-state index is 0.0293. The molecule has 1 unspecified atom stereocenters. The van der Waals surface area contributed by atoms with Crippen molar-refractivity contribution in [2.24, 2.45) is 0 Å². The number of carbonyl (C=O) groups is 1. The van der Waals surface area contributed by atoms with E-state index in [9.17, 15) is 14.9 Å². The van der Waals surface area contributed by atoms with Gasteiger partial charge in [-0.3, -0.25) is 14.9 Å². The first-order valence-corrected chi connectivity index (χ1v) is 9.40. The molecule has 0 fully saturated rings. The second kappa shape index (κ2) is 8.73. The molecule has 1 aliphatic rings. The number of aryl methyl sites for hydroxylation is 1. The fourth-order valence-corrected chi connectivity index (χ4v) is 3.69. The van der Waals surface area contributed by atoms with Gasteiger partial charge in [-0.2, -0.15) is 0 Å². The maximum atomic E-state index is 12.8. The largest absolute Gasteiger partial charge is 0.493 e. The van der Waals surface area contributed by atoms with Crippen LogP contribution in [0.4, 0.5) is 5.69 Å². The first-order chi connectivity index (χ1) is 13.5.